The molecule has 1 aliphatic heterocycles. The van der Waals surface area contributed by atoms with Gasteiger partial charge in [0.2, 0.25) is 0 Å². The average Bonchev–Trinajstić information content (AvgIpc) is 2.97. The first-order valence-corrected chi connectivity index (χ1v) is 8.18. The first kappa shape index (κ1) is 17.8. The molecule has 1 saturated heterocycles. The summed E-state index contributed by atoms with van der Waals surface area (Å²) in [5.74, 6) is 0.903. The van der Waals surface area contributed by atoms with E-state index in [2.05, 4.69) is 12.2 Å². The van der Waals surface area contributed by atoms with E-state index in [1.807, 2.05) is 32.9 Å². The molecule has 2 heterocycles. The van der Waals surface area contributed by atoms with Crippen LogP contribution < -0.4 is 5.32 Å². The molecule has 2 atom stereocenters. The fraction of sp³-hybridized carbons (Fsp3) is 0.706. The van der Waals surface area contributed by atoms with Crippen molar-refractivity contribution in [1.82, 2.24) is 10.2 Å². The zero-order valence-corrected chi connectivity index (χ0v) is 14.5. The van der Waals surface area contributed by atoms with Crippen molar-refractivity contribution < 1.29 is 18.7 Å². The van der Waals surface area contributed by atoms with E-state index < -0.39 is 5.60 Å². The maximum atomic E-state index is 12.4. The fourth-order valence-corrected chi connectivity index (χ4v) is 2.59. The highest BCUT2D eigenvalue weighted by atomic mass is 16.6. The molecule has 6 heteroatoms. The minimum Gasteiger partial charge on any atom is -0.468 e. The summed E-state index contributed by atoms with van der Waals surface area (Å²) in [4.78, 5) is 14.2. The summed E-state index contributed by atoms with van der Waals surface area (Å²) in [7, 11) is 0. The summed E-state index contributed by atoms with van der Waals surface area (Å²) >= 11 is 0. The second-order valence-corrected chi connectivity index (χ2v) is 7.00. The lowest BCUT2D eigenvalue weighted by atomic mass is 10.1. The van der Waals surface area contributed by atoms with Gasteiger partial charge in [-0.05, 0) is 46.2 Å². The van der Waals surface area contributed by atoms with E-state index in [1.54, 1.807) is 11.2 Å². The average molecular weight is 324 g/mol. The Morgan fingerprint density at radius 2 is 2.30 bits per heavy atom. The molecule has 1 N–H and O–H groups in total. The quantitative estimate of drug-likeness (QED) is 0.902. The molecule has 2 unspecified atom stereocenters. The highest BCUT2D eigenvalue weighted by Gasteiger charge is 2.31. The molecule has 1 aromatic heterocycles. The number of nitrogens with one attached hydrogen (secondary N) is 1. The molecule has 130 valence electrons. The molecule has 0 aliphatic carbocycles. The highest BCUT2D eigenvalue weighted by molar-refractivity contribution is 5.68. The zero-order valence-electron chi connectivity index (χ0n) is 14.5. The largest absolute Gasteiger partial charge is 0.468 e. The number of morpholine rings is 1. The second kappa shape index (κ2) is 7.84. The van der Waals surface area contributed by atoms with Gasteiger partial charge in [0.1, 0.15) is 11.4 Å². The summed E-state index contributed by atoms with van der Waals surface area (Å²) in [6.45, 7) is 10.1. The Hall–Kier alpha value is -1.53. The molecule has 1 amide bonds. The molecule has 0 bridgehead atoms. The Morgan fingerprint density at radius 3 is 2.96 bits per heavy atom. The van der Waals surface area contributed by atoms with E-state index in [0.29, 0.717) is 26.3 Å². The summed E-state index contributed by atoms with van der Waals surface area (Å²) in [5.41, 5.74) is -0.483. The maximum Gasteiger partial charge on any atom is 0.410 e. The van der Waals surface area contributed by atoms with Crippen molar-refractivity contribution in [3.63, 3.8) is 0 Å². The van der Waals surface area contributed by atoms with Gasteiger partial charge in [-0.2, -0.15) is 0 Å². The van der Waals surface area contributed by atoms with Crippen LogP contribution in [-0.4, -0.2) is 48.4 Å². The molecule has 1 aliphatic rings. The molecule has 0 spiro atoms. The molecule has 0 radical (unpaired) electrons. The Labute approximate surface area is 138 Å². The molecular formula is C17H28N2O4. The van der Waals surface area contributed by atoms with Gasteiger partial charge >= 0.3 is 6.09 Å². The number of nitrogens with zero attached hydrogens (tertiary/aromatic N) is 1. The maximum absolute atomic E-state index is 12.4. The first-order chi connectivity index (χ1) is 10.8. The number of ether oxygens (including phenoxy) is 2. The standard InChI is InChI=1S/C17H28N2O4/c1-13(18-11-15-6-5-8-22-15)10-14-12-21-9-7-19(14)16(20)23-17(2,3)4/h5-6,8,13-14,18H,7,9-12H2,1-4H3. The van der Waals surface area contributed by atoms with Gasteiger partial charge < -0.3 is 24.1 Å². The van der Waals surface area contributed by atoms with Gasteiger partial charge in [0.25, 0.3) is 0 Å². The molecule has 23 heavy (non-hydrogen) atoms. The summed E-state index contributed by atoms with van der Waals surface area (Å²) in [6, 6.07) is 4.08. The van der Waals surface area contributed by atoms with Crippen LogP contribution >= 0.6 is 0 Å². The fourth-order valence-electron chi connectivity index (χ4n) is 2.59. The minimum atomic E-state index is -0.483. The normalized spacial score (nSPS) is 20.3. The van der Waals surface area contributed by atoms with Crippen LogP contribution in [0, 0.1) is 0 Å². The predicted octanol–water partition coefficient (Wildman–Crippen LogP) is 2.78. The Bertz CT molecular complexity index is 481. The van der Waals surface area contributed by atoms with Gasteiger partial charge in [-0.1, -0.05) is 0 Å². The number of carbonyl (C=O) groups excluding carboxylic acids is 1. The van der Waals surface area contributed by atoms with Crippen molar-refractivity contribution in [3.05, 3.63) is 24.2 Å². The number of carbonyl (C=O) groups is 1. The topological polar surface area (TPSA) is 63.9 Å². The molecular weight excluding hydrogens is 296 g/mol. The molecule has 6 nitrogen and oxygen atoms in total. The van der Waals surface area contributed by atoms with Crippen LogP contribution in [0.25, 0.3) is 0 Å². The number of hydrogen-bond donors (Lipinski definition) is 1. The van der Waals surface area contributed by atoms with Gasteiger partial charge in [-0.15, -0.1) is 0 Å². The van der Waals surface area contributed by atoms with Crippen LogP contribution in [0.1, 0.15) is 39.9 Å². The van der Waals surface area contributed by atoms with E-state index in [4.69, 9.17) is 13.9 Å². The third-order valence-electron chi connectivity index (χ3n) is 3.69. The molecule has 0 saturated carbocycles. The Kier molecular flexibility index (Phi) is 6.07. The highest BCUT2D eigenvalue weighted by Crippen LogP contribution is 2.17. The third-order valence-corrected chi connectivity index (χ3v) is 3.69. The van der Waals surface area contributed by atoms with Crippen LogP contribution in [0.15, 0.2) is 22.8 Å². The lowest BCUT2D eigenvalue weighted by Gasteiger charge is -2.37. The van der Waals surface area contributed by atoms with E-state index in [1.165, 1.54) is 0 Å². The SMILES string of the molecule is CC(CC1COCCN1C(=O)OC(C)(C)C)NCc1ccco1. The van der Waals surface area contributed by atoms with Crippen molar-refractivity contribution in [2.75, 3.05) is 19.8 Å². The summed E-state index contributed by atoms with van der Waals surface area (Å²) in [5, 5.41) is 3.41. The van der Waals surface area contributed by atoms with Gasteiger partial charge in [0, 0.05) is 12.6 Å². The van der Waals surface area contributed by atoms with E-state index in [9.17, 15) is 4.79 Å². The Morgan fingerprint density at radius 1 is 1.52 bits per heavy atom. The van der Waals surface area contributed by atoms with E-state index in [-0.39, 0.29) is 18.2 Å². The van der Waals surface area contributed by atoms with E-state index in [0.717, 1.165) is 12.2 Å². The monoisotopic (exact) mass is 324 g/mol. The Balaban J connectivity index is 1.86. The van der Waals surface area contributed by atoms with Gasteiger partial charge in [-0.25, -0.2) is 4.79 Å². The van der Waals surface area contributed by atoms with Gasteiger partial charge in [0.15, 0.2) is 0 Å². The van der Waals surface area contributed by atoms with E-state index >= 15 is 0 Å². The van der Waals surface area contributed by atoms with Crippen LogP contribution in [0.4, 0.5) is 4.79 Å². The smallest absolute Gasteiger partial charge is 0.410 e. The second-order valence-electron chi connectivity index (χ2n) is 7.00. The van der Waals surface area contributed by atoms with Crippen LogP contribution in [0.3, 0.4) is 0 Å². The summed E-state index contributed by atoms with van der Waals surface area (Å²) < 4.78 is 16.4. The third kappa shape index (κ3) is 5.88. The van der Waals surface area contributed by atoms with Crippen molar-refractivity contribution >= 4 is 6.09 Å². The molecule has 2 rings (SSSR count). The van der Waals surface area contributed by atoms with Crippen molar-refractivity contribution in [3.8, 4) is 0 Å². The van der Waals surface area contributed by atoms with Gasteiger partial charge in [0.05, 0.1) is 32.1 Å². The van der Waals surface area contributed by atoms with Crippen LogP contribution in [-0.2, 0) is 16.0 Å². The lowest BCUT2D eigenvalue weighted by molar-refractivity contribution is -0.0356. The van der Waals surface area contributed by atoms with Crippen molar-refractivity contribution in [2.45, 2.75) is 58.3 Å². The number of amides is 1. The number of hydrogen-bond acceptors (Lipinski definition) is 5. The van der Waals surface area contributed by atoms with Crippen molar-refractivity contribution in [2.24, 2.45) is 0 Å². The molecule has 1 aromatic rings. The number of rotatable bonds is 5. The van der Waals surface area contributed by atoms with Crippen LogP contribution in [0.5, 0.6) is 0 Å². The van der Waals surface area contributed by atoms with Crippen molar-refractivity contribution in [1.29, 1.82) is 0 Å². The molecule has 0 aromatic carbocycles. The number of furan rings is 1. The van der Waals surface area contributed by atoms with Gasteiger partial charge in [-0.3, -0.25) is 0 Å². The molecule has 1 fully saturated rings. The lowest BCUT2D eigenvalue weighted by Crippen LogP contribution is -2.52. The zero-order chi connectivity index (χ0) is 16.9. The predicted molar refractivity (Wildman–Crippen MR) is 87.2 cm³/mol. The minimum absolute atomic E-state index is 0.0256. The first-order valence-electron chi connectivity index (χ1n) is 8.18. The summed E-state index contributed by atoms with van der Waals surface area (Å²) in [6.07, 6.45) is 2.21. The van der Waals surface area contributed by atoms with Crippen LogP contribution in [0.2, 0.25) is 0 Å².